The molecule has 5 nitrogen and oxygen atoms in total. The van der Waals surface area contributed by atoms with Crippen LogP contribution in [0.4, 0.5) is 8.78 Å². The molecule has 21 heavy (non-hydrogen) atoms. The summed E-state index contributed by atoms with van der Waals surface area (Å²) in [5, 5.41) is 4.56. The lowest BCUT2D eigenvalue weighted by Gasteiger charge is -2.04. The summed E-state index contributed by atoms with van der Waals surface area (Å²) in [6.45, 7) is 0.0207. The Balaban J connectivity index is 2.10. The van der Waals surface area contributed by atoms with E-state index >= 15 is 0 Å². The first-order valence-electron chi connectivity index (χ1n) is 6.11. The second-order valence-corrected chi connectivity index (χ2v) is 4.48. The van der Waals surface area contributed by atoms with Gasteiger partial charge in [-0.25, -0.2) is 18.4 Å². The minimum Gasteiger partial charge on any atom is -0.364 e. The molecule has 0 unspecified atom stereocenters. The molecule has 0 radical (unpaired) electrons. The van der Waals surface area contributed by atoms with Crippen molar-refractivity contribution in [3.63, 3.8) is 0 Å². The van der Waals surface area contributed by atoms with E-state index in [9.17, 15) is 13.6 Å². The van der Waals surface area contributed by atoms with Gasteiger partial charge in [-0.3, -0.25) is 4.79 Å². The van der Waals surface area contributed by atoms with E-state index in [0.29, 0.717) is 11.0 Å². The number of halogens is 2. The number of nitrogens with two attached hydrogens (primary N) is 1. The molecule has 2 heterocycles. The second kappa shape index (κ2) is 4.93. The Bertz CT molecular complexity index is 844. The highest BCUT2D eigenvalue weighted by Gasteiger charge is 2.16. The standard InChI is InChI=1S/C14H10F2N4O/c15-9-4-3-8(11(16)6-9)7-20-14-10(2-1-5-18-14)12(19-20)13(17)21/h1-6H,7H2,(H2,17,21). The normalized spacial score (nSPS) is 11.0. The van der Waals surface area contributed by atoms with Crippen molar-refractivity contribution in [3.8, 4) is 0 Å². The molecule has 0 saturated heterocycles. The van der Waals surface area contributed by atoms with Crippen LogP contribution in [0.3, 0.4) is 0 Å². The molecule has 0 bridgehead atoms. The Hall–Kier alpha value is -2.83. The molecule has 0 saturated carbocycles. The number of nitrogens with zero attached hydrogens (tertiary/aromatic N) is 3. The molecule has 0 aliphatic carbocycles. The van der Waals surface area contributed by atoms with Gasteiger partial charge in [-0.2, -0.15) is 5.10 Å². The van der Waals surface area contributed by atoms with Gasteiger partial charge in [0.05, 0.1) is 11.9 Å². The smallest absolute Gasteiger partial charge is 0.269 e. The lowest BCUT2D eigenvalue weighted by atomic mass is 10.2. The minimum atomic E-state index is -0.689. The van der Waals surface area contributed by atoms with Crippen LogP contribution in [0.25, 0.3) is 11.0 Å². The van der Waals surface area contributed by atoms with Gasteiger partial charge >= 0.3 is 0 Å². The summed E-state index contributed by atoms with van der Waals surface area (Å²) in [7, 11) is 0. The Morgan fingerprint density at radius 2 is 2.10 bits per heavy atom. The summed E-state index contributed by atoms with van der Waals surface area (Å²) in [6.07, 6.45) is 1.53. The van der Waals surface area contributed by atoms with Crippen LogP contribution in [0.1, 0.15) is 16.1 Å². The van der Waals surface area contributed by atoms with Gasteiger partial charge < -0.3 is 5.73 Å². The van der Waals surface area contributed by atoms with Crippen LogP contribution in [0.5, 0.6) is 0 Å². The van der Waals surface area contributed by atoms with Gasteiger partial charge in [0, 0.05) is 17.8 Å². The predicted octanol–water partition coefficient (Wildman–Crippen LogP) is 1.86. The fraction of sp³-hybridized carbons (Fsp3) is 0.0714. The van der Waals surface area contributed by atoms with Crippen molar-refractivity contribution < 1.29 is 13.6 Å². The van der Waals surface area contributed by atoms with E-state index in [2.05, 4.69) is 10.1 Å². The molecule has 3 rings (SSSR count). The van der Waals surface area contributed by atoms with Crippen molar-refractivity contribution in [3.05, 3.63) is 59.4 Å². The Morgan fingerprint density at radius 1 is 1.29 bits per heavy atom. The highest BCUT2D eigenvalue weighted by molar-refractivity contribution is 6.03. The van der Waals surface area contributed by atoms with Crippen LogP contribution in [0, 0.1) is 11.6 Å². The zero-order chi connectivity index (χ0) is 15.0. The van der Waals surface area contributed by atoms with E-state index in [1.807, 2.05) is 0 Å². The predicted molar refractivity (Wildman–Crippen MR) is 71.5 cm³/mol. The maximum atomic E-state index is 13.7. The molecule has 0 fully saturated rings. The van der Waals surface area contributed by atoms with Crippen LogP contribution in [0.2, 0.25) is 0 Å². The van der Waals surface area contributed by atoms with Crippen LogP contribution < -0.4 is 5.73 Å². The van der Waals surface area contributed by atoms with E-state index in [-0.39, 0.29) is 17.8 Å². The van der Waals surface area contributed by atoms with Gasteiger partial charge in [0.1, 0.15) is 11.6 Å². The fourth-order valence-electron chi connectivity index (χ4n) is 2.11. The lowest BCUT2D eigenvalue weighted by molar-refractivity contribution is 0.0996. The molecule has 2 N–H and O–H groups in total. The maximum absolute atomic E-state index is 13.7. The molecule has 0 spiro atoms. The van der Waals surface area contributed by atoms with E-state index in [4.69, 9.17) is 5.73 Å². The van der Waals surface area contributed by atoms with E-state index in [1.165, 1.54) is 16.9 Å². The van der Waals surface area contributed by atoms with Crippen LogP contribution in [0.15, 0.2) is 36.5 Å². The molecular formula is C14H10F2N4O. The molecule has 7 heteroatoms. The van der Waals surface area contributed by atoms with Crippen molar-refractivity contribution in [2.75, 3.05) is 0 Å². The van der Waals surface area contributed by atoms with Crippen molar-refractivity contribution in [1.82, 2.24) is 14.8 Å². The number of fused-ring (bicyclic) bond motifs is 1. The Kier molecular flexibility index (Phi) is 3.09. The number of benzene rings is 1. The summed E-state index contributed by atoms with van der Waals surface area (Å²) in [6, 6.07) is 6.59. The summed E-state index contributed by atoms with van der Waals surface area (Å²) in [5.74, 6) is -2.03. The zero-order valence-electron chi connectivity index (χ0n) is 10.8. The third-order valence-corrected chi connectivity index (χ3v) is 3.08. The van der Waals surface area contributed by atoms with Crippen molar-refractivity contribution in [1.29, 1.82) is 0 Å². The monoisotopic (exact) mass is 288 g/mol. The van der Waals surface area contributed by atoms with Crippen molar-refractivity contribution in [2.24, 2.45) is 5.73 Å². The van der Waals surface area contributed by atoms with Gasteiger partial charge in [-0.15, -0.1) is 0 Å². The maximum Gasteiger partial charge on any atom is 0.269 e. The van der Waals surface area contributed by atoms with Crippen LogP contribution in [-0.2, 0) is 6.54 Å². The van der Waals surface area contributed by atoms with Gasteiger partial charge in [-0.1, -0.05) is 6.07 Å². The third-order valence-electron chi connectivity index (χ3n) is 3.08. The summed E-state index contributed by atoms with van der Waals surface area (Å²) in [5.41, 5.74) is 5.99. The Morgan fingerprint density at radius 3 is 2.81 bits per heavy atom. The van der Waals surface area contributed by atoms with E-state index in [0.717, 1.165) is 12.1 Å². The van der Waals surface area contributed by atoms with Crippen LogP contribution >= 0.6 is 0 Å². The molecule has 0 aliphatic heterocycles. The molecular weight excluding hydrogens is 278 g/mol. The van der Waals surface area contributed by atoms with Gasteiger partial charge in [0.25, 0.3) is 5.91 Å². The van der Waals surface area contributed by atoms with Crippen LogP contribution in [-0.4, -0.2) is 20.7 Å². The first kappa shape index (κ1) is 13.2. The average molecular weight is 288 g/mol. The molecule has 0 aliphatic rings. The van der Waals surface area contributed by atoms with Gasteiger partial charge in [0.15, 0.2) is 11.3 Å². The number of hydrogen-bond acceptors (Lipinski definition) is 3. The number of primary amides is 1. The fourth-order valence-corrected chi connectivity index (χ4v) is 2.11. The molecule has 2 aromatic heterocycles. The molecule has 1 amide bonds. The third kappa shape index (κ3) is 2.33. The number of pyridine rings is 1. The first-order chi connectivity index (χ1) is 10.1. The van der Waals surface area contributed by atoms with Crippen molar-refractivity contribution >= 4 is 16.9 Å². The number of hydrogen-bond donors (Lipinski definition) is 1. The Labute approximate surface area is 118 Å². The SMILES string of the molecule is NC(=O)c1nn(Cc2ccc(F)cc2F)c2ncccc12. The number of rotatable bonds is 3. The summed E-state index contributed by atoms with van der Waals surface area (Å²) >= 11 is 0. The highest BCUT2D eigenvalue weighted by atomic mass is 19.1. The van der Waals surface area contributed by atoms with E-state index in [1.54, 1.807) is 12.1 Å². The molecule has 1 aromatic carbocycles. The van der Waals surface area contributed by atoms with Crippen molar-refractivity contribution in [2.45, 2.75) is 6.54 Å². The van der Waals surface area contributed by atoms with Gasteiger partial charge in [0.2, 0.25) is 0 Å². The lowest BCUT2D eigenvalue weighted by Crippen LogP contribution is -2.13. The van der Waals surface area contributed by atoms with Gasteiger partial charge in [-0.05, 0) is 18.2 Å². The molecule has 0 atom stereocenters. The topological polar surface area (TPSA) is 73.8 Å². The molecule has 106 valence electrons. The highest BCUT2D eigenvalue weighted by Crippen LogP contribution is 2.18. The summed E-state index contributed by atoms with van der Waals surface area (Å²) in [4.78, 5) is 15.5. The zero-order valence-corrected chi connectivity index (χ0v) is 10.8. The largest absolute Gasteiger partial charge is 0.364 e. The number of carbonyl (C=O) groups excluding carboxylic acids is 1. The van der Waals surface area contributed by atoms with E-state index < -0.39 is 17.5 Å². The summed E-state index contributed by atoms with van der Waals surface area (Å²) < 4.78 is 28.0. The molecule has 3 aromatic rings. The number of carbonyl (C=O) groups is 1. The number of amides is 1. The number of aromatic nitrogens is 3. The first-order valence-corrected chi connectivity index (χ1v) is 6.11. The second-order valence-electron chi connectivity index (χ2n) is 4.48. The minimum absolute atomic E-state index is 0.0207. The average Bonchev–Trinajstić information content (AvgIpc) is 2.81. The quantitative estimate of drug-likeness (QED) is 0.799.